The van der Waals surface area contributed by atoms with Crippen LogP contribution in [-0.2, 0) is 11.3 Å². The topological polar surface area (TPSA) is 93.0 Å². The number of benzene rings is 1. The monoisotopic (exact) mass is 399 g/mol. The standard InChI is InChI=1S/C21H29N5O3/c1-15-5-6-17(11-16(15)2)12-22-13-18-23-19(26-7-9-28-10-8-26)25-20(24-18)29-14-21(3,4)27/h5-6,11,13,27H,7-10,12,14H2,1-4H3. The fourth-order valence-electron chi connectivity index (χ4n) is 2.76. The van der Waals surface area contributed by atoms with E-state index in [0.717, 1.165) is 5.56 Å². The smallest absolute Gasteiger partial charge is 0.321 e. The van der Waals surface area contributed by atoms with E-state index in [4.69, 9.17) is 9.47 Å². The highest BCUT2D eigenvalue weighted by molar-refractivity contribution is 5.75. The summed E-state index contributed by atoms with van der Waals surface area (Å²) in [6, 6.07) is 6.49. The maximum absolute atomic E-state index is 9.93. The summed E-state index contributed by atoms with van der Waals surface area (Å²) >= 11 is 0. The molecule has 0 radical (unpaired) electrons. The van der Waals surface area contributed by atoms with Crippen molar-refractivity contribution >= 4 is 12.2 Å². The van der Waals surface area contributed by atoms with Gasteiger partial charge in [-0.2, -0.15) is 15.0 Å². The molecule has 1 aromatic heterocycles. The lowest BCUT2D eigenvalue weighted by Gasteiger charge is -2.27. The first-order valence-electron chi connectivity index (χ1n) is 9.80. The average molecular weight is 399 g/mol. The number of aryl methyl sites for hydroxylation is 2. The molecule has 1 aromatic carbocycles. The van der Waals surface area contributed by atoms with E-state index in [-0.39, 0.29) is 12.6 Å². The number of rotatable bonds is 7. The highest BCUT2D eigenvalue weighted by Crippen LogP contribution is 2.15. The number of morpholine rings is 1. The minimum atomic E-state index is -0.983. The number of hydrogen-bond donors (Lipinski definition) is 1. The molecule has 1 aliphatic rings. The third-order valence-corrected chi connectivity index (χ3v) is 4.52. The van der Waals surface area contributed by atoms with E-state index < -0.39 is 5.60 Å². The molecule has 0 spiro atoms. The van der Waals surface area contributed by atoms with Crippen LogP contribution in [0.2, 0.25) is 0 Å². The Bertz CT molecular complexity index is 858. The van der Waals surface area contributed by atoms with Crippen LogP contribution in [0.4, 0.5) is 5.95 Å². The van der Waals surface area contributed by atoms with Gasteiger partial charge in [-0.3, -0.25) is 4.99 Å². The Morgan fingerprint density at radius 2 is 1.93 bits per heavy atom. The lowest BCUT2D eigenvalue weighted by molar-refractivity contribution is 0.0249. The molecule has 1 saturated heterocycles. The summed E-state index contributed by atoms with van der Waals surface area (Å²) in [5.74, 6) is 0.956. The number of aliphatic imine (C=N–C) groups is 1. The van der Waals surface area contributed by atoms with Gasteiger partial charge in [0.05, 0.1) is 31.6 Å². The normalized spacial score (nSPS) is 15.1. The van der Waals surface area contributed by atoms with Gasteiger partial charge in [0.1, 0.15) is 6.61 Å². The molecule has 2 heterocycles. The molecule has 2 aromatic rings. The number of ether oxygens (including phenoxy) is 2. The fourth-order valence-corrected chi connectivity index (χ4v) is 2.76. The van der Waals surface area contributed by atoms with Gasteiger partial charge in [0, 0.05) is 13.1 Å². The van der Waals surface area contributed by atoms with Gasteiger partial charge in [-0.1, -0.05) is 18.2 Å². The van der Waals surface area contributed by atoms with Crippen molar-refractivity contribution in [2.75, 3.05) is 37.8 Å². The molecule has 0 saturated carbocycles. The van der Waals surface area contributed by atoms with Gasteiger partial charge in [-0.15, -0.1) is 0 Å². The number of aliphatic hydroxyl groups is 1. The Kier molecular flexibility index (Phi) is 6.76. The van der Waals surface area contributed by atoms with Crippen molar-refractivity contribution in [1.29, 1.82) is 0 Å². The van der Waals surface area contributed by atoms with Crippen molar-refractivity contribution in [2.24, 2.45) is 4.99 Å². The van der Waals surface area contributed by atoms with E-state index in [2.05, 4.69) is 52.0 Å². The fraction of sp³-hybridized carbons (Fsp3) is 0.524. The molecule has 8 heteroatoms. The highest BCUT2D eigenvalue weighted by atomic mass is 16.5. The van der Waals surface area contributed by atoms with Gasteiger partial charge in [-0.25, -0.2) is 0 Å². The van der Waals surface area contributed by atoms with Crippen molar-refractivity contribution in [3.8, 4) is 6.01 Å². The van der Waals surface area contributed by atoms with E-state index in [1.54, 1.807) is 20.1 Å². The molecule has 1 aliphatic heterocycles. The summed E-state index contributed by atoms with van der Waals surface area (Å²) in [5.41, 5.74) is 2.66. The van der Waals surface area contributed by atoms with E-state index >= 15 is 0 Å². The first kappa shape index (κ1) is 21.1. The molecule has 1 fully saturated rings. The van der Waals surface area contributed by atoms with Crippen molar-refractivity contribution in [2.45, 2.75) is 39.8 Å². The maximum atomic E-state index is 9.93. The lowest BCUT2D eigenvalue weighted by atomic mass is 10.1. The lowest BCUT2D eigenvalue weighted by Crippen LogP contribution is -2.37. The summed E-state index contributed by atoms with van der Waals surface area (Å²) < 4.78 is 11.0. The molecule has 0 atom stereocenters. The Morgan fingerprint density at radius 3 is 2.62 bits per heavy atom. The van der Waals surface area contributed by atoms with Crippen LogP contribution in [0.25, 0.3) is 0 Å². The first-order valence-corrected chi connectivity index (χ1v) is 9.80. The molecule has 0 aliphatic carbocycles. The summed E-state index contributed by atoms with van der Waals surface area (Å²) in [5, 5.41) is 9.93. The van der Waals surface area contributed by atoms with E-state index in [1.807, 2.05) is 4.90 Å². The minimum absolute atomic E-state index is 0.0821. The van der Waals surface area contributed by atoms with Crippen LogP contribution in [0.3, 0.4) is 0 Å². The first-order chi connectivity index (χ1) is 13.8. The van der Waals surface area contributed by atoms with Crippen LogP contribution < -0.4 is 9.64 Å². The van der Waals surface area contributed by atoms with Crippen molar-refractivity contribution in [3.05, 3.63) is 40.7 Å². The number of anilines is 1. The molecular weight excluding hydrogens is 370 g/mol. The zero-order valence-corrected chi connectivity index (χ0v) is 17.6. The molecule has 8 nitrogen and oxygen atoms in total. The molecule has 0 unspecified atom stereocenters. The quantitative estimate of drug-likeness (QED) is 0.713. The summed E-state index contributed by atoms with van der Waals surface area (Å²) in [7, 11) is 0. The third-order valence-electron chi connectivity index (χ3n) is 4.52. The largest absolute Gasteiger partial charge is 0.460 e. The van der Waals surface area contributed by atoms with Gasteiger partial charge in [0.25, 0.3) is 0 Å². The second-order valence-electron chi connectivity index (χ2n) is 7.87. The van der Waals surface area contributed by atoms with E-state index in [9.17, 15) is 5.11 Å². The maximum Gasteiger partial charge on any atom is 0.321 e. The average Bonchev–Trinajstić information content (AvgIpc) is 2.69. The molecule has 156 valence electrons. The summed E-state index contributed by atoms with van der Waals surface area (Å²) in [4.78, 5) is 19.8. The van der Waals surface area contributed by atoms with Crippen LogP contribution >= 0.6 is 0 Å². The predicted octanol–water partition coefficient (Wildman–Crippen LogP) is 2.09. The predicted molar refractivity (Wildman–Crippen MR) is 112 cm³/mol. The van der Waals surface area contributed by atoms with Crippen molar-refractivity contribution in [3.63, 3.8) is 0 Å². The van der Waals surface area contributed by atoms with Crippen molar-refractivity contribution in [1.82, 2.24) is 15.0 Å². The van der Waals surface area contributed by atoms with Gasteiger partial charge >= 0.3 is 6.01 Å². The molecule has 3 rings (SSSR count). The molecule has 1 N–H and O–H groups in total. The van der Waals surface area contributed by atoms with Gasteiger partial charge < -0.3 is 19.5 Å². The Hall–Kier alpha value is -2.58. The van der Waals surface area contributed by atoms with Crippen LogP contribution in [0, 0.1) is 13.8 Å². The molecule has 29 heavy (non-hydrogen) atoms. The minimum Gasteiger partial charge on any atom is -0.460 e. The molecular formula is C21H29N5O3. The van der Waals surface area contributed by atoms with Gasteiger partial charge in [0.2, 0.25) is 5.95 Å². The van der Waals surface area contributed by atoms with Crippen LogP contribution in [0.15, 0.2) is 23.2 Å². The summed E-state index contributed by atoms with van der Waals surface area (Å²) in [6.07, 6.45) is 1.64. The number of nitrogens with zero attached hydrogens (tertiary/aromatic N) is 5. The van der Waals surface area contributed by atoms with Gasteiger partial charge in [-0.05, 0) is 44.4 Å². The molecule has 0 bridgehead atoms. The van der Waals surface area contributed by atoms with E-state index in [1.165, 1.54) is 11.1 Å². The SMILES string of the molecule is Cc1ccc(CN=Cc2nc(OCC(C)(C)O)nc(N3CCOCC3)n2)cc1C. The van der Waals surface area contributed by atoms with Crippen LogP contribution in [-0.4, -0.2) is 64.8 Å². The number of hydrogen-bond acceptors (Lipinski definition) is 8. The van der Waals surface area contributed by atoms with E-state index in [0.29, 0.717) is 44.6 Å². The highest BCUT2D eigenvalue weighted by Gasteiger charge is 2.19. The van der Waals surface area contributed by atoms with Crippen LogP contribution in [0.1, 0.15) is 36.4 Å². The second kappa shape index (κ2) is 9.28. The Labute approximate surface area is 171 Å². The zero-order valence-electron chi connectivity index (χ0n) is 17.6. The number of aromatic nitrogens is 3. The second-order valence-corrected chi connectivity index (χ2v) is 7.87. The molecule has 0 amide bonds. The Morgan fingerprint density at radius 1 is 1.17 bits per heavy atom. The van der Waals surface area contributed by atoms with Crippen molar-refractivity contribution < 1.29 is 14.6 Å². The Balaban J connectivity index is 1.78. The third kappa shape index (κ3) is 6.47. The zero-order chi connectivity index (χ0) is 20.9. The summed E-state index contributed by atoms with van der Waals surface area (Å²) in [6.45, 7) is 10.8. The van der Waals surface area contributed by atoms with Gasteiger partial charge in [0.15, 0.2) is 5.82 Å². The van der Waals surface area contributed by atoms with Crippen LogP contribution in [0.5, 0.6) is 6.01 Å².